The van der Waals surface area contributed by atoms with Crippen LogP contribution in [0.2, 0.25) is 10.0 Å². The van der Waals surface area contributed by atoms with E-state index in [4.69, 9.17) is 23.2 Å². The number of aryl methyl sites for hydroxylation is 1. The molecule has 4 rings (SSSR count). The van der Waals surface area contributed by atoms with E-state index in [1.807, 2.05) is 0 Å². The molecule has 0 bridgehead atoms. The molecule has 32 heavy (non-hydrogen) atoms. The quantitative estimate of drug-likeness (QED) is 0.327. The van der Waals surface area contributed by atoms with E-state index in [0.717, 1.165) is 12.3 Å². The number of nitrogens with zero attached hydrogens (tertiary/aromatic N) is 4. The van der Waals surface area contributed by atoms with Crippen LogP contribution < -0.4 is 5.32 Å². The van der Waals surface area contributed by atoms with Crippen LogP contribution in [-0.2, 0) is 13.2 Å². The maximum Gasteiger partial charge on any atom is 0.417 e. The van der Waals surface area contributed by atoms with Gasteiger partial charge in [-0.3, -0.25) is 0 Å². The summed E-state index contributed by atoms with van der Waals surface area (Å²) in [5.41, 5.74) is 0.264. The molecule has 1 N–H and O–H groups in total. The highest BCUT2D eigenvalue weighted by molar-refractivity contribution is 6.33. The van der Waals surface area contributed by atoms with Crippen molar-refractivity contribution in [3.8, 4) is 22.8 Å². The molecule has 0 saturated carbocycles. The molecule has 0 saturated heterocycles. The average Bonchev–Trinajstić information content (AvgIpc) is 3.08. The minimum Gasteiger partial charge on any atom is -0.340 e. The minimum absolute atomic E-state index is 0.0822. The molecule has 0 spiro atoms. The van der Waals surface area contributed by atoms with Crippen LogP contribution in [0.4, 0.5) is 29.1 Å². The predicted molar refractivity (Wildman–Crippen MR) is 114 cm³/mol. The standard InChI is InChI=1S/C21H13Cl2F4N5/c1-32-20(30-19(31-32)18-14(22)3-2-4-16(18)24)13-7-6-12(9-15(13)23)29-17-8-5-11(10-28-17)21(25,26)27/h2-10H,1H3,(H,28,29). The zero-order chi connectivity index (χ0) is 23.0. The molecule has 0 atom stereocenters. The lowest BCUT2D eigenvalue weighted by molar-refractivity contribution is -0.137. The summed E-state index contributed by atoms with van der Waals surface area (Å²) in [7, 11) is 1.63. The first-order valence-electron chi connectivity index (χ1n) is 9.09. The summed E-state index contributed by atoms with van der Waals surface area (Å²) in [6, 6.07) is 11.3. The number of benzene rings is 2. The highest BCUT2D eigenvalue weighted by Gasteiger charge is 2.30. The monoisotopic (exact) mass is 481 g/mol. The van der Waals surface area contributed by atoms with Gasteiger partial charge in [-0.2, -0.15) is 18.3 Å². The second kappa shape index (κ2) is 8.40. The van der Waals surface area contributed by atoms with Gasteiger partial charge in [0.15, 0.2) is 11.6 Å². The van der Waals surface area contributed by atoms with E-state index in [1.165, 1.54) is 22.9 Å². The van der Waals surface area contributed by atoms with Crippen molar-refractivity contribution in [2.24, 2.45) is 7.05 Å². The van der Waals surface area contributed by atoms with E-state index < -0.39 is 17.6 Å². The Hall–Kier alpha value is -3.17. The second-order valence-corrected chi connectivity index (χ2v) is 7.54. The van der Waals surface area contributed by atoms with Gasteiger partial charge in [-0.25, -0.2) is 19.0 Å². The van der Waals surface area contributed by atoms with Gasteiger partial charge < -0.3 is 5.32 Å². The van der Waals surface area contributed by atoms with Gasteiger partial charge in [-0.05, 0) is 42.5 Å². The third kappa shape index (κ3) is 4.39. The molecule has 164 valence electrons. The lowest BCUT2D eigenvalue weighted by Crippen LogP contribution is -2.05. The first-order chi connectivity index (χ1) is 15.1. The van der Waals surface area contributed by atoms with Crippen molar-refractivity contribution in [2.75, 3.05) is 5.32 Å². The fourth-order valence-electron chi connectivity index (χ4n) is 2.99. The van der Waals surface area contributed by atoms with Gasteiger partial charge in [0.2, 0.25) is 0 Å². The Morgan fingerprint density at radius 1 is 1.00 bits per heavy atom. The Morgan fingerprint density at radius 3 is 2.41 bits per heavy atom. The summed E-state index contributed by atoms with van der Waals surface area (Å²) in [6.07, 6.45) is -3.72. The number of aromatic nitrogens is 4. The molecule has 11 heteroatoms. The number of alkyl halides is 3. The maximum atomic E-state index is 14.2. The van der Waals surface area contributed by atoms with Gasteiger partial charge in [-0.1, -0.05) is 29.3 Å². The Labute approximate surface area is 189 Å². The third-order valence-electron chi connectivity index (χ3n) is 4.52. The van der Waals surface area contributed by atoms with Crippen molar-refractivity contribution >= 4 is 34.7 Å². The molecule has 4 aromatic rings. The van der Waals surface area contributed by atoms with Crippen molar-refractivity contribution < 1.29 is 17.6 Å². The van der Waals surface area contributed by atoms with Gasteiger partial charge in [0, 0.05) is 24.5 Å². The van der Waals surface area contributed by atoms with E-state index in [2.05, 4.69) is 20.4 Å². The fourth-order valence-corrected chi connectivity index (χ4v) is 3.51. The lowest BCUT2D eigenvalue weighted by Gasteiger charge is -2.10. The summed E-state index contributed by atoms with van der Waals surface area (Å²) < 4.78 is 53.7. The topological polar surface area (TPSA) is 55.6 Å². The molecule has 0 unspecified atom stereocenters. The van der Waals surface area contributed by atoms with Crippen LogP contribution in [0.1, 0.15) is 5.56 Å². The number of hydrogen-bond donors (Lipinski definition) is 1. The number of pyridine rings is 1. The molecular formula is C21H13Cl2F4N5. The van der Waals surface area contributed by atoms with E-state index in [-0.39, 0.29) is 22.2 Å². The second-order valence-electron chi connectivity index (χ2n) is 6.73. The molecule has 0 aliphatic carbocycles. The number of nitrogens with one attached hydrogen (secondary N) is 1. The highest BCUT2D eigenvalue weighted by atomic mass is 35.5. The number of halogens is 6. The molecule has 0 amide bonds. The predicted octanol–water partition coefficient (Wildman–Crippen LogP) is 6.75. The summed E-state index contributed by atoms with van der Waals surface area (Å²) in [5.74, 6) is 0.155. The number of hydrogen-bond acceptors (Lipinski definition) is 4. The first kappa shape index (κ1) is 22.0. The van der Waals surface area contributed by atoms with E-state index >= 15 is 0 Å². The number of anilines is 2. The van der Waals surface area contributed by atoms with Gasteiger partial charge in [0.25, 0.3) is 0 Å². The summed E-state index contributed by atoms with van der Waals surface area (Å²) in [6.45, 7) is 0. The Bertz CT molecular complexity index is 1270. The number of rotatable bonds is 4. The Balaban J connectivity index is 1.61. The van der Waals surface area contributed by atoms with Crippen LogP contribution >= 0.6 is 23.2 Å². The van der Waals surface area contributed by atoms with E-state index in [0.29, 0.717) is 22.1 Å². The minimum atomic E-state index is -4.46. The molecule has 0 aliphatic heterocycles. The van der Waals surface area contributed by atoms with Crippen LogP contribution in [0.25, 0.3) is 22.8 Å². The molecule has 0 radical (unpaired) electrons. The normalized spacial score (nSPS) is 11.6. The molecule has 2 aromatic carbocycles. The summed E-state index contributed by atoms with van der Waals surface area (Å²) in [5, 5.41) is 7.61. The zero-order valence-electron chi connectivity index (χ0n) is 16.3. The van der Waals surface area contributed by atoms with Crippen LogP contribution in [0.15, 0.2) is 54.7 Å². The summed E-state index contributed by atoms with van der Waals surface area (Å²) >= 11 is 12.5. The highest BCUT2D eigenvalue weighted by Crippen LogP contribution is 2.34. The van der Waals surface area contributed by atoms with E-state index in [9.17, 15) is 17.6 Å². The van der Waals surface area contributed by atoms with Gasteiger partial charge in [0.05, 0.1) is 21.2 Å². The molecular weight excluding hydrogens is 469 g/mol. The molecule has 0 aliphatic rings. The Kier molecular flexibility index (Phi) is 5.79. The SMILES string of the molecule is Cn1nc(-c2c(F)cccc2Cl)nc1-c1ccc(Nc2ccc(C(F)(F)F)cn2)cc1Cl. The summed E-state index contributed by atoms with van der Waals surface area (Å²) in [4.78, 5) is 8.15. The van der Waals surface area contributed by atoms with Crippen molar-refractivity contribution in [1.82, 2.24) is 19.7 Å². The van der Waals surface area contributed by atoms with Crippen molar-refractivity contribution in [2.45, 2.75) is 6.18 Å². The molecule has 2 aromatic heterocycles. The van der Waals surface area contributed by atoms with Crippen LogP contribution in [0.5, 0.6) is 0 Å². The fraction of sp³-hybridized carbons (Fsp3) is 0.0952. The molecule has 0 fully saturated rings. The van der Waals surface area contributed by atoms with E-state index in [1.54, 1.807) is 31.3 Å². The largest absolute Gasteiger partial charge is 0.417 e. The Morgan fingerprint density at radius 2 is 1.78 bits per heavy atom. The van der Waals surface area contributed by atoms with Gasteiger partial charge in [-0.15, -0.1) is 0 Å². The molecule has 2 heterocycles. The first-order valence-corrected chi connectivity index (χ1v) is 9.84. The van der Waals surface area contributed by atoms with Crippen LogP contribution in [0, 0.1) is 5.82 Å². The maximum absolute atomic E-state index is 14.2. The van der Waals surface area contributed by atoms with Crippen molar-refractivity contribution in [1.29, 1.82) is 0 Å². The zero-order valence-corrected chi connectivity index (χ0v) is 17.8. The van der Waals surface area contributed by atoms with Gasteiger partial charge in [0.1, 0.15) is 11.6 Å². The van der Waals surface area contributed by atoms with Crippen molar-refractivity contribution in [3.63, 3.8) is 0 Å². The molecule has 5 nitrogen and oxygen atoms in total. The van der Waals surface area contributed by atoms with Crippen LogP contribution in [0.3, 0.4) is 0 Å². The lowest BCUT2D eigenvalue weighted by atomic mass is 10.1. The van der Waals surface area contributed by atoms with Crippen LogP contribution in [-0.4, -0.2) is 19.7 Å². The smallest absolute Gasteiger partial charge is 0.340 e. The van der Waals surface area contributed by atoms with Gasteiger partial charge >= 0.3 is 6.18 Å². The van der Waals surface area contributed by atoms with Crippen molar-refractivity contribution in [3.05, 3.63) is 76.2 Å². The third-order valence-corrected chi connectivity index (χ3v) is 5.15. The average molecular weight is 482 g/mol.